The van der Waals surface area contributed by atoms with E-state index < -0.39 is 0 Å². The van der Waals surface area contributed by atoms with Gasteiger partial charge >= 0.3 is 0 Å². The summed E-state index contributed by atoms with van der Waals surface area (Å²) in [6.07, 6.45) is 6.66. The normalized spacial score (nSPS) is 10.7. The molecular formula is C22H21ClO3. The van der Waals surface area contributed by atoms with E-state index in [0.717, 1.165) is 48.3 Å². The van der Waals surface area contributed by atoms with Gasteiger partial charge in [0.1, 0.15) is 17.8 Å². The van der Waals surface area contributed by atoms with Gasteiger partial charge in [0.15, 0.2) is 0 Å². The number of ether oxygens (including phenoxy) is 1. The molecular weight excluding hydrogens is 348 g/mol. The highest BCUT2D eigenvalue weighted by Gasteiger charge is 2.10. The number of benzene rings is 2. The van der Waals surface area contributed by atoms with Gasteiger partial charge in [0, 0.05) is 10.6 Å². The average Bonchev–Trinajstić information content (AvgIpc) is 3.20. The van der Waals surface area contributed by atoms with Crippen LogP contribution >= 0.6 is 11.6 Å². The molecule has 0 radical (unpaired) electrons. The van der Waals surface area contributed by atoms with Crippen LogP contribution in [0.1, 0.15) is 35.2 Å². The topological polar surface area (TPSA) is 39.4 Å². The summed E-state index contributed by atoms with van der Waals surface area (Å²) in [6.45, 7) is 0.634. The molecule has 1 heterocycles. The van der Waals surface area contributed by atoms with Crippen LogP contribution in [0.15, 0.2) is 65.3 Å². The molecule has 0 fully saturated rings. The van der Waals surface area contributed by atoms with E-state index in [1.165, 1.54) is 5.56 Å². The van der Waals surface area contributed by atoms with Crippen LogP contribution in [0.2, 0.25) is 5.02 Å². The number of unbranched alkanes of at least 4 members (excludes halogenated alkanes) is 2. The molecule has 0 aliphatic rings. The fourth-order valence-electron chi connectivity index (χ4n) is 2.81. The lowest BCUT2D eigenvalue weighted by atomic mass is 10.1. The Bertz CT molecular complexity index is 823. The molecule has 0 bridgehead atoms. The maximum atomic E-state index is 11.0. The zero-order valence-corrected chi connectivity index (χ0v) is 15.2. The molecule has 0 spiro atoms. The Morgan fingerprint density at radius 2 is 1.85 bits per heavy atom. The number of halogens is 1. The van der Waals surface area contributed by atoms with Gasteiger partial charge in [-0.2, -0.15) is 0 Å². The Morgan fingerprint density at radius 1 is 1.00 bits per heavy atom. The van der Waals surface area contributed by atoms with Crippen LogP contribution in [-0.2, 0) is 6.42 Å². The first-order valence-corrected chi connectivity index (χ1v) is 9.14. The van der Waals surface area contributed by atoms with Gasteiger partial charge in [0.2, 0.25) is 0 Å². The van der Waals surface area contributed by atoms with Gasteiger partial charge in [-0.05, 0) is 73.7 Å². The molecule has 3 nitrogen and oxygen atoms in total. The second-order valence-electron chi connectivity index (χ2n) is 6.14. The molecule has 0 atom stereocenters. The SMILES string of the molecule is O=Cc1ccc(OCCCCCc2ccc(Cl)cc2)c(-c2ccco2)c1. The molecule has 0 aliphatic carbocycles. The van der Waals surface area contributed by atoms with Crippen molar-refractivity contribution in [3.8, 4) is 17.1 Å². The number of hydrogen-bond acceptors (Lipinski definition) is 3. The van der Waals surface area contributed by atoms with Crippen molar-refractivity contribution in [2.75, 3.05) is 6.61 Å². The van der Waals surface area contributed by atoms with E-state index in [-0.39, 0.29) is 0 Å². The monoisotopic (exact) mass is 368 g/mol. The first-order chi connectivity index (χ1) is 12.8. The molecule has 0 saturated carbocycles. The van der Waals surface area contributed by atoms with E-state index in [2.05, 4.69) is 12.1 Å². The van der Waals surface area contributed by atoms with Crippen molar-refractivity contribution in [1.82, 2.24) is 0 Å². The predicted octanol–water partition coefficient (Wildman–Crippen LogP) is 6.20. The molecule has 3 aromatic rings. The highest BCUT2D eigenvalue weighted by molar-refractivity contribution is 6.30. The minimum atomic E-state index is 0.603. The molecule has 4 heteroatoms. The Hall–Kier alpha value is -2.52. The van der Waals surface area contributed by atoms with Crippen molar-refractivity contribution in [3.63, 3.8) is 0 Å². The lowest BCUT2D eigenvalue weighted by molar-refractivity contribution is 0.112. The third-order valence-corrected chi connectivity index (χ3v) is 4.46. The highest BCUT2D eigenvalue weighted by Crippen LogP contribution is 2.31. The van der Waals surface area contributed by atoms with E-state index >= 15 is 0 Å². The van der Waals surface area contributed by atoms with Crippen LogP contribution in [0.3, 0.4) is 0 Å². The minimum absolute atomic E-state index is 0.603. The van der Waals surface area contributed by atoms with E-state index in [1.54, 1.807) is 18.4 Å². The lowest BCUT2D eigenvalue weighted by Gasteiger charge is -2.11. The number of furan rings is 1. The van der Waals surface area contributed by atoms with Crippen LogP contribution in [-0.4, -0.2) is 12.9 Å². The standard InChI is InChI=1S/C22H21ClO3/c23-19-10-7-17(8-11-19)5-2-1-3-13-25-22-12-9-18(16-24)15-20(22)21-6-4-14-26-21/h4,6-12,14-16H,1-3,5,13H2. The molecule has 3 rings (SSSR count). The third kappa shape index (κ3) is 4.99. The molecule has 0 N–H and O–H groups in total. The number of aldehydes is 1. The van der Waals surface area contributed by atoms with Crippen LogP contribution < -0.4 is 4.74 Å². The largest absolute Gasteiger partial charge is 0.493 e. The van der Waals surface area contributed by atoms with Gasteiger partial charge in [0.05, 0.1) is 18.4 Å². The Morgan fingerprint density at radius 3 is 2.58 bits per heavy atom. The Balaban J connectivity index is 1.49. The predicted molar refractivity (Wildman–Crippen MR) is 104 cm³/mol. The summed E-state index contributed by atoms with van der Waals surface area (Å²) in [7, 11) is 0. The smallest absolute Gasteiger partial charge is 0.150 e. The molecule has 0 unspecified atom stereocenters. The van der Waals surface area contributed by atoms with Crippen LogP contribution in [0, 0.1) is 0 Å². The van der Waals surface area contributed by atoms with E-state index in [0.29, 0.717) is 17.9 Å². The van der Waals surface area contributed by atoms with Crippen molar-refractivity contribution >= 4 is 17.9 Å². The fraction of sp³-hybridized carbons (Fsp3) is 0.227. The number of carbonyl (C=O) groups is 1. The van der Waals surface area contributed by atoms with Crippen molar-refractivity contribution < 1.29 is 13.9 Å². The van der Waals surface area contributed by atoms with E-state index in [1.807, 2.05) is 30.3 Å². The Kier molecular flexibility index (Phi) is 6.50. The molecule has 0 saturated heterocycles. The second-order valence-corrected chi connectivity index (χ2v) is 6.57. The van der Waals surface area contributed by atoms with E-state index in [4.69, 9.17) is 20.8 Å². The van der Waals surface area contributed by atoms with Gasteiger partial charge in [-0.1, -0.05) is 23.7 Å². The summed E-state index contributed by atoms with van der Waals surface area (Å²) >= 11 is 5.90. The van der Waals surface area contributed by atoms with E-state index in [9.17, 15) is 4.79 Å². The maximum Gasteiger partial charge on any atom is 0.150 e. The molecule has 1 aromatic heterocycles. The number of rotatable bonds is 9. The minimum Gasteiger partial charge on any atom is -0.493 e. The second kappa shape index (κ2) is 9.25. The molecule has 0 amide bonds. The van der Waals surface area contributed by atoms with Crippen LogP contribution in [0.25, 0.3) is 11.3 Å². The molecule has 0 aliphatic heterocycles. The third-order valence-electron chi connectivity index (χ3n) is 4.21. The summed E-state index contributed by atoms with van der Waals surface area (Å²) in [4.78, 5) is 11.0. The van der Waals surface area contributed by atoms with Gasteiger partial charge in [-0.25, -0.2) is 0 Å². The summed E-state index contributed by atoms with van der Waals surface area (Å²) in [5.41, 5.74) is 2.72. The number of carbonyl (C=O) groups excluding carboxylic acids is 1. The maximum absolute atomic E-state index is 11.0. The van der Waals surface area contributed by atoms with Gasteiger partial charge in [-0.3, -0.25) is 4.79 Å². The van der Waals surface area contributed by atoms with Gasteiger partial charge in [0.25, 0.3) is 0 Å². The molecule has 134 valence electrons. The van der Waals surface area contributed by atoms with Crippen molar-refractivity contribution in [3.05, 3.63) is 77.0 Å². The molecule has 2 aromatic carbocycles. The first kappa shape index (κ1) is 18.3. The fourth-order valence-corrected chi connectivity index (χ4v) is 2.94. The number of aryl methyl sites for hydroxylation is 1. The van der Waals surface area contributed by atoms with Gasteiger partial charge < -0.3 is 9.15 Å². The summed E-state index contributed by atoms with van der Waals surface area (Å²) in [6, 6.07) is 17.1. The molecule has 26 heavy (non-hydrogen) atoms. The summed E-state index contributed by atoms with van der Waals surface area (Å²) in [5, 5.41) is 0.773. The van der Waals surface area contributed by atoms with Crippen molar-refractivity contribution in [2.24, 2.45) is 0 Å². The van der Waals surface area contributed by atoms with Crippen molar-refractivity contribution in [1.29, 1.82) is 0 Å². The summed E-state index contributed by atoms with van der Waals surface area (Å²) < 4.78 is 11.4. The quantitative estimate of drug-likeness (QED) is 0.333. The van der Waals surface area contributed by atoms with Crippen LogP contribution in [0.5, 0.6) is 5.75 Å². The van der Waals surface area contributed by atoms with Gasteiger partial charge in [-0.15, -0.1) is 0 Å². The van der Waals surface area contributed by atoms with Crippen LogP contribution in [0.4, 0.5) is 0 Å². The first-order valence-electron chi connectivity index (χ1n) is 8.76. The average molecular weight is 369 g/mol. The number of hydrogen-bond donors (Lipinski definition) is 0. The highest BCUT2D eigenvalue weighted by atomic mass is 35.5. The zero-order chi connectivity index (χ0) is 18.2. The Labute approximate surface area is 158 Å². The summed E-state index contributed by atoms with van der Waals surface area (Å²) in [5.74, 6) is 1.44. The lowest BCUT2D eigenvalue weighted by Crippen LogP contribution is -2.00. The zero-order valence-electron chi connectivity index (χ0n) is 14.5. The van der Waals surface area contributed by atoms with Crippen molar-refractivity contribution in [2.45, 2.75) is 25.7 Å².